The molecule has 128 valence electrons. The van der Waals surface area contributed by atoms with Crippen molar-refractivity contribution in [2.24, 2.45) is 0 Å². The minimum Gasteiger partial charge on any atom is -0.495 e. The van der Waals surface area contributed by atoms with Crippen molar-refractivity contribution in [2.45, 2.75) is 11.8 Å². The largest absolute Gasteiger partial charge is 0.495 e. The van der Waals surface area contributed by atoms with E-state index in [1.54, 1.807) is 19.1 Å². The van der Waals surface area contributed by atoms with Crippen LogP contribution >= 0.6 is 0 Å². The maximum atomic E-state index is 13.4. The SMILES string of the molecule is CCOC(=O)c1ccccc1NS(=O)(=O)c1cc(F)ccc1OC. The van der Waals surface area contributed by atoms with Gasteiger partial charge in [0.1, 0.15) is 16.5 Å². The van der Waals surface area contributed by atoms with E-state index in [0.717, 1.165) is 12.1 Å². The molecule has 0 aliphatic heterocycles. The van der Waals surface area contributed by atoms with Gasteiger partial charge in [0.2, 0.25) is 0 Å². The Morgan fingerprint density at radius 1 is 1.21 bits per heavy atom. The molecular formula is C16H16FNO5S. The molecule has 0 amide bonds. The van der Waals surface area contributed by atoms with E-state index in [4.69, 9.17) is 9.47 Å². The lowest BCUT2D eigenvalue weighted by atomic mass is 10.2. The van der Waals surface area contributed by atoms with Gasteiger partial charge in [0.15, 0.2) is 0 Å². The maximum absolute atomic E-state index is 13.4. The summed E-state index contributed by atoms with van der Waals surface area (Å²) < 4.78 is 50.7. The number of hydrogen-bond donors (Lipinski definition) is 1. The van der Waals surface area contributed by atoms with Crippen molar-refractivity contribution in [2.75, 3.05) is 18.4 Å². The van der Waals surface area contributed by atoms with Gasteiger partial charge >= 0.3 is 5.97 Å². The Morgan fingerprint density at radius 3 is 2.58 bits per heavy atom. The van der Waals surface area contributed by atoms with Gasteiger partial charge in [0.05, 0.1) is 25.0 Å². The Labute approximate surface area is 139 Å². The van der Waals surface area contributed by atoms with E-state index in [2.05, 4.69) is 4.72 Å². The second-order valence-electron chi connectivity index (χ2n) is 4.67. The Hall–Kier alpha value is -2.61. The molecule has 8 heteroatoms. The summed E-state index contributed by atoms with van der Waals surface area (Å²) in [6, 6.07) is 9.12. The predicted molar refractivity (Wildman–Crippen MR) is 86.2 cm³/mol. The lowest BCUT2D eigenvalue weighted by molar-refractivity contribution is 0.0527. The Balaban J connectivity index is 2.44. The van der Waals surface area contributed by atoms with Gasteiger partial charge in [-0.1, -0.05) is 12.1 Å². The van der Waals surface area contributed by atoms with Gasteiger partial charge in [-0.15, -0.1) is 0 Å². The summed E-state index contributed by atoms with van der Waals surface area (Å²) in [5.74, 6) is -1.41. The normalized spacial score (nSPS) is 11.0. The van der Waals surface area contributed by atoms with Gasteiger partial charge in [-0.25, -0.2) is 17.6 Å². The molecule has 1 N–H and O–H groups in total. The standard InChI is InChI=1S/C16H16FNO5S/c1-3-23-16(19)12-6-4-5-7-13(12)18-24(20,21)15-10-11(17)8-9-14(15)22-2/h4-10,18H,3H2,1-2H3. The van der Waals surface area contributed by atoms with E-state index < -0.39 is 21.8 Å². The number of rotatable bonds is 6. The summed E-state index contributed by atoms with van der Waals surface area (Å²) in [6.07, 6.45) is 0. The number of hydrogen-bond acceptors (Lipinski definition) is 5. The highest BCUT2D eigenvalue weighted by molar-refractivity contribution is 7.92. The van der Waals surface area contributed by atoms with Crippen molar-refractivity contribution >= 4 is 21.7 Å². The first-order chi connectivity index (χ1) is 11.4. The molecule has 0 spiro atoms. The van der Waals surface area contributed by atoms with Crippen LogP contribution in [-0.2, 0) is 14.8 Å². The zero-order valence-corrected chi connectivity index (χ0v) is 13.9. The third kappa shape index (κ3) is 3.83. The van der Waals surface area contributed by atoms with Crippen LogP contribution in [0.15, 0.2) is 47.4 Å². The number of carbonyl (C=O) groups is 1. The van der Waals surface area contributed by atoms with Crippen LogP contribution in [0.4, 0.5) is 10.1 Å². The highest BCUT2D eigenvalue weighted by Gasteiger charge is 2.23. The number of methoxy groups -OCH3 is 1. The van der Waals surface area contributed by atoms with E-state index in [9.17, 15) is 17.6 Å². The molecule has 2 aromatic carbocycles. The fraction of sp³-hybridized carbons (Fsp3) is 0.188. The van der Waals surface area contributed by atoms with Crippen molar-refractivity contribution in [1.29, 1.82) is 0 Å². The number of anilines is 1. The van der Waals surface area contributed by atoms with E-state index in [1.165, 1.54) is 25.3 Å². The number of benzene rings is 2. The van der Waals surface area contributed by atoms with Gasteiger partial charge in [0.25, 0.3) is 10.0 Å². The minimum atomic E-state index is -4.17. The van der Waals surface area contributed by atoms with Crippen molar-refractivity contribution in [1.82, 2.24) is 0 Å². The molecule has 0 heterocycles. The summed E-state index contributed by atoms with van der Waals surface area (Å²) >= 11 is 0. The van der Waals surface area contributed by atoms with Crippen molar-refractivity contribution < 1.29 is 27.1 Å². The third-order valence-electron chi connectivity index (χ3n) is 3.08. The Bertz CT molecular complexity index is 851. The number of carbonyl (C=O) groups excluding carboxylic acids is 1. The van der Waals surface area contributed by atoms with E-state index in [-0.39, 0.29) is 28.5 Å². The summed E-state index contributed by atoms with van der Waals surface area (Å²) in [7, 11) is -2.90. The zero-order valence-electron chi connectivity index (χ0n) is 13.1. The number of halogens is 1. The molecule has 0 atom stereocenters. The highest BCUT2D eigenvalue weighted by atomic mass is 32.2. The number of sulfonamides is 1. The number of para-hydroxylation sites is 1. The van der Waals surface area contributed by atoms with Gasteiger partial charge in [-0.2, -0.15) is 0 Å². The summed E-state index contributed by atoms with van der Waals surface area (Å²) in [5.41, 5.74) is 0.0839. The summed E-state index contributed by atoms with van der Waals surface area (Å²) in [5, 5.41) is 0. The van der Waals surface area contributed by atoms with Crippen LogP contribution in [-0.4, -0.2) is 28.1 Å². The fourth-order valence-corrected chi connectivity index (χ4v) is 3.28. The van der Waals surface area contributed by atoms with Crippen LogP contribution in [0.25, 0.3) is 0 Å². The van der Waals surface area contributed by atoms with Crippen LogP contribution in [0.1, 0.15) is 17.3 Å². The molecule has 0 saturated carbocycles. The van der Waals surface area contributed by atoms with E-state index in [1.807, 2.05) is 0 Å². The Kier molecular flexibility index (Phi) is 5.40. The zero-order chi connectivity index (χ0) is 17.7. The fourth-order valence-electron chi connectivity index (χ4n) is 2.02. The molecule has 24 heavy (non-hydrogen) atoms. The molecule has 0 bridgehead atoms. The predicted octanol–water partition coefficient (Wildman–Crippen LogP) is 2.81. The topological polar surface area (TPSA) is 81.7 Å². The quantitative estimate of drug-likeness (QED) is 0.808. The first kappa shape index (κ1) is 17.7. The van der Waals surface area contributed by atoms with E-state index >= 15 is 0 Å². The average Bonchev–Trinajstić information content (AvgIpc) is 2.55. The molecule has 2 aromatic rings. The summed E-state index contributed by atoms with van der Waals surface area (Å²) in [4.78, 5) is 11.6. The lowest BCUT2D eigenvalue weighted by Crippen LogP contribution is -2.17. The van der Waals surface area contributed by atoms with Crippen molar-refractivity contribution in [3.8, 4) is 5.75 Å². The smallest absolute Gasteiger partial charge is 0.340 e. The molecule has 0 unspecified atom stereocenters. The maximum Gasteiger partial charge on any atom is 0.340 e. The molecule has 0 aliphatic rings. The molecule has 0 radical (unpaired) electrons. The van der Waals surface area contributed by atoms with Gasteiger partial charge in [0, 0.05) is 0 Å². The number of ether oxygens (including phenoxy) is 2. The molecular weight excluding hydrogens is 337 g/mol. The minimum absolute atomic E-state index is 0.0162. The molecule has 0 aliphatic carbocycles. The molecule has 6 nitrogen and oxygen atoms in total. The lowest BCUT2D eigenvalue weighted by Gasteiger charge is -2.14. The third-order valence-corrected chi connectivity index (χ3v) is 4.47. The van der Waals surface area contributed by atoms with Crippen LogP contribution in [0.2, 0.25) is 0 Å². The highest BCUT2D eigenvalue weighted by Crippen LogP contribution is 2.27. The molecule has 0 fully saturated rings. The van der Waals surface area contributed by atoms with Crippen LogP contribution < -0.4 is 9.46 Å². The average molecular weight is 353 g/mol. The molecule has 0 aromatic heterocycles. The van der Waals surface area contributed by atoms with Gasteiger partial charge in [-0.3, -0.25) is 4.72 Å². The van der Waals surface area contributed by atoms with Crippen LogP contribution in [0.5, 0.6) is 5.75 Å². The van der Waals surface area contributed by atoms with Crippen molar-refractivity contribution in [3.05, 3.63) is 53.8 Å². The van der Waals surface area contributed by atoms with Crippen molar-refractivity contribution in [3.63, 3.8) is 0 Å². The number of esters is 1. The van der Waals surface area contributed by atoms with Crippen LogP contribution in [0, 0.1) is 5.82 Å². The van der Waals surface area contributed by atoms with E-state index in [0.29, 0.717) is 0 Å². The molecule has 0 saturated heterocycles. The first-order valence-electron chi connectivity index (χ1n) is 7.01. The number of nitrogens with one attached hydrogen (secondary N) is 1. The monoisotopic (exact) mass is 353 g/mol. The van der Waals surface area contributed by atoms with Crippen LogP contribution in [0.3, 0.4) is 0 Å². The second-order valence-corrected chi connectivity index (χ2v) is 6.32. The molecule has 2 rings (SSSR count). The second kappa shape index (κ2) is 7.31. The Morgan fingerprint density at radius 2 is 1.92 bits per heavy atom. The van der Waals surface area contributed by atoms with Gasteiger partial charge in [-0.05, 0) is 37.3 Å². The first-order valence-corrected chi connectivity index (χ1v) is 8.50. The van der Waals surface area contributed by atoms with Gasteiger partial charge < -0.3 is 9.47 Å². The summed E-state index contributed by atoms with van der Waals surface area (Å²) in [6.45, 7) is 1.79.